The third kappa shape index (κ3) is 4.01. The fourth-order valence-electron chi connectivity index (χ4n) is 7.82. The zero-order valence-electron chi connectivity index (χ0n) is 21.9. The van der Waals surface area contributed by atoms with Crippen molar-refractivity contribution in [3.63, 3.8) is 0 Å². The molecule has 1 N–H and O–H groups in total. The van der Waals surface area contributed by atoms with E-state index in [1.807, 2.05) is 42.5 Å². The number of ether oxygens (including phenoxy) is 1. The SMILES string of the molecule is Cc1cc(C2(O)C3CC4CC(C3)CC2C4)c(Cl)cc1-c1cc(OCc2ccccc2)c2c(C#N)nccc2n1. The summed E-state index contributed by atoms with van der Waals surface area (Å²) in [5.41, 5.74) is 4.57. The molecule has 4 bridgehead atoms. The van der Waals surface area contributed by atoms with Crippen LogP contribution in [0.4, 0.5) is 0 Å². The van der Waals surface area contributed by atoms with Crippen LogP contribution in [0.2, 0.25) is 5.02 Å². The summed E-state index contributed by atoms with van der Waals surface area (Å²) in [5, 5.41) is 23.1. The van der Waals surface area contributed by atoms with Crippen LogP contribution in [-0.2, 0) is 12.2 Å². The molecule has 8 rings (SSSR count). The van der Waals surface area contributed by atoms with E-state index in [0.29, 0.717) is 34.0 Å². The average Bonchev–Trinajstić information content (AvgIpc) is 2.95. The van der Waals surface area contributed by atoms with Crippen LogP contribution < -0.4 is 4.74 Å². The van der Waals surface area contributed by atoms with Crippen LogP contribution in [0.15, 0.2) is 60.8 Å². The van der Waals surface area contributed by atoms with Crippen molar-refractivity contribution in [2.45, 2.75) is 51.2 Å². The molecule has 0 aliphatic heterocycles. The maximum Gasteiger partial charge on any atom is 0.153 e. The van der Waals surface area contributed by atoms with Crippen LogP contribution in [0.5, 0.6) is 5.75 Å². The minimum atomic E-state index is -0.859. The minimum Gasteiger partial charge on any atom is -0.488 e. The lowest BCUT2D eigenvalue weighted by Crippen LogP contribution is -2.55. The number of fused-ring (bicyclic) bond motifs is 1. The largest absolute Gasteiger partial charge is 0.488 e. The lowest BCUT2D eigenvalue weighted by atomic mass is 9.48. The van der Waals surface area contributed by atoms with Gasteiger partial charge in [0.05, 0.1) is 22.2 Å². The number of nitrogens with zero attached hydrogens (tertiary/aromatic N) is 3. The summed E-state index contributed by atoms with van der Waals surface area (Å²) >= 11 is 7.01. The van der Waals surface area contributed by atoms with E-state index in [-0.39, 0.29) is 17.5 Å². The Morgan fingerprint density at radius 1 is 1.03 bits per heavy atom. The van der Waals surface area contributed by atoms with Gasteiger partial charge >= 0.3 is 0 Å². The maximum atomic E-state index is 12.2. The molecule has 4 fully saturated rings. The Morgan fingerprint density at radius 3 is 2.44 bits per heavy atom. The van der Waals surface area contributed by atoms with Crippen LogP contribution in [0.3, 0.4) is 0 Å². The molecule has 4 aromatic rings. The monoisotopic (exact) mass is 535 g/mol. The van der Waals surface area contributed by atoms with Gasteiger partial charge in [-0.2, -0.15) is 5.26 Å². The van der Waals surface area contributed by atoms with Crippen molar-refractivity contribution >= 4 is 22.5 Å². The first-order valence-electron chi connectivity index (χ1n) is 13.8. The molecule has 0 unspecified atom stereocenters. The number of benzene rings is 2. The van der Waals surface area contributed by atoms with Gasteiger partial charge < -0.3 is 9.84 Å². The van der Waals surface area contributed by atoms with E-state index < -0.39 is 5.60 Å². The fraction of sp³-hybridized carbons (Fsp3) is 0.364. The zero-order chi connectivity index (χ0) is 26.7. The number of pyridine rings is 2. The van der Waals surface area contributed by atoms with Crippen molar-refractivity contribution in [2.24, 2.45) is 23.7 Å². The van der Waals surface area contributed by atoms with Crippen molar-refractivity contribution in [1.82, 2.24) is 9.97 Å². The molecule has 39 heavy (non-hydrogen) atoms. The summed E-state index contributed by atoms with van der Waals surface area (Å²) in [4.78, 5) is 9.16. The number of hydrogen-bond acceptors (Lipinski definition) is 5. The smallest absolute Gasteiger partial charge is 0.153 e. The second-order valence-corrected chi connectivity index (χ2v) is 12.1. The summed E-state index contributed by atoms with van der Waals surface area (Å²) in [6.07, 6.45) is 7.34. The Hall–Kier alpha value is -3.46. The molecule has 0 saturated heterocycles. The zero-order valence-corrected chi connectivity index (χ0v) is 22.7. The summed E-state index contributed by atoms with van der Waals surface area (Å²) in [6, 6.07) is 19.8. The van der Waals surface area contributed by atoms with Gasteiger partial charge in [0, 0.05) is 28.4 Å². The van der Waals surface area contributed by atoms with E-state index in [0.717, 1.165) is 59.8 Å². The normalized spacial score (nSPS) is 27.0. The highest BCUT2D eigenvalue weighted by atomic mass is 35.5. The molecule has 5 nitrogen and oxygen atoms in total. The molecule has 2 aromatic heterocycles. The second kappa shape index (κ2) is 9.33. The summed E-state index contributed by atoms with van der Waals surface area (Å²) in [6.45, 7) is 2.41. The van der Waals surface area contributed by atoms with Gasteiger partial charge in [0.2, 0.25) is 0 Å². The van der Waals surface area contributed by atoms with Gasteiger partial charge in [-0.3, -0.25) is 0 Å². The molecular formula is C33H30ClN3O2. The highest BCUT2D eigenvalue weighted by Crippen LogP contribution is 2.62. The Labute approximate surface area is 233 Å². The Kier molecular flexibility index (Phi) is 5.88. The molecule has 0 amide bonds. The second-order valence-electron chi connectivity index (χ2n) is 11.7. The molecule has 0 radical (unpaired) electrons. The average molecular weight is 536 g/mol. The molecule has 2 aromatic carbocycles. The van der Waals surface area contributed by atoms with E-state index >= 15 is 0 Å². The number of halogens is 1. The third-order valence-electron chi connectivity index (χ3n) is 9.43. The number of nitriles is 1. The summed E-state index contributed by atoms with van der Waals surface area (Å²) in [7, 11) is 0. The first-order valence-corrected chi connectivity index (χ1v) is 14.2. The van der Waals surface area contributed by atoms with Gasteiger partial charge in [-0.05, 0) is 86.0 Å². The number of hydrogen-bond donors (Lipinski definition) is 1. The lowest BCUT2D eigenvalue weighted by Gasteiger charge is -2.59. The molecule has 196 valence electrons. The quantitative estimate of drug-likeness (QED) is 0.289. The van der Waals surface area contributed by atoms with Gasteiger partial charge in [0.1, 0.15) is 18.4 Å². The molecule has 4 saturated carbocycles. The highest BCUT2D eigenvalue weighted by molar-refractivity contribution is 6.31. The van der Waals surface area contributed by atoms with Crippen LogP contribution >= 0.6 is 11.6 Å². The number of rotatable bonds is 5. The molecule has 6 heteroatoms. The number of aryl methyl sites for hydroxylation is 1. The van der Waals surface area contributed by atoms with E-state index in [2.05, 4.69) is 24.0 Å². The van der Waals surface area contributed by atoms with E-state index in [1.54, 1.807) is 12.3 Å². The Morgan fingerprint density at radius 2 is 1.74 bits per heavy atom. The Bertz CT molecular complexity index is 1600. The van der Waals surface area contributed by atoms with Crippen LogP contribution in [-0.4, -0.2) is 15.1 Å². The highest BCUT2D eigenvalue weighted by Gasteiger charge is 2.57. The predicted octanol–water partition coefficient (Wildman–Crippen LogP) is 7.35. The third-order valence-corrected chi connectivity index (χ3v) is 9.74. The molecular weight excluding hydrogens is 506 g/mol. The molecule has 2 heterocycles. The summed E-state index contributed by atoms with van der Waals surface area (Å²) in [5.74, 6) is 2.64. The van der Waals surface area contributed by atoms with E-state index in [1.165, 1.54) is 6.42 Å². The van der Waals surface area contributed by atoms with Crippen molar-refractivity contribution in [3.05, 3.63) is 88.2 Å². The van der Waals surface area contributed by atoms with E-state index in [9.17, 15) is 10.4 Å². The lowest BCUT2D eigenvalue weighted by molar-refractivity contribution is -0.179. The molecule has 0 spiro atoms. The van der Waals surface area contributed by atoms with Crippen LogP contribution in [0, 0.1) is 41.9 Å². The van der Waals surface area contributed by atoms with Gasteiger partial charge in [0.25, 0.3) is 0 Å². The molecule has 0 atom stereocenters. The standard InChI is InChI=1S/C33H30ClN3O2/c1-19-9-26(33(38)23-11-21-10-22(13-23)14-24(33)12-21)27(34)15-25(19)29-16-31(39-18-20-5-3-2-4-6-20)32-28(37-29)7-8-36-30(32)17-35/h2-9,15-16,21-24,38H,10-14,18H2,1H3. The minimum absolute atomic E-state index is 0.281. The van der Waals surface area contributed by atoms with Crippen molar-refractivity contribution < 1.29 is 9.84 Å². The number of aromatic nitrogens is 2. The van der Waals surface area contributed by atoms with E-state index in [4.69, 9.17) is 21.3 Å². The van der Waals surface area contributed by atoms with Crippen molar-refractivity contribution in [3.8, 4) is 23.1 Å². The topological polar surface area (TPSA) is 79.0 Å². The number of aliphatic hydroxyl groups is 1. The first kappa shape index (κ1) is 24.6. The van der Waals surface area contributed by atoms with Gasteiger partial charge in [-0.1, -0.05) is 48.0 Å². The summed E-state index contributed by atoms with van der Waals surface area (Å²) < 4.78 is 6.28. The fourth-order valence-corrected chi connectivity index (χ4v) is 8.14. The first-order chi connectivity index (χ1) is 18.9. The van der Waals surface area contributed by atoms with Crippen molar-refractivity contribution in [2.75, 3.05) is 0 Å². The van der Waals surface area contributed by atoms with Gasteiger partial charge in [0.15, 0.2) is 5.69 Å². The van der Waals surface area contributed by atoms with Crippen LogP contribution in [0.1, 0.15) is 54.5 Å². The predicted molar refractivity (Wildman–Crippen MR) is 151 cm³/mol. The molecule has 4 aliphatic carbocycles. The maximum absolute atomic E-state index is 12.2. The van der Waals surface area contributed by atoms with Crippen molar-refractivity contribution in [1.29, 1.82) is 5.26 Å². The Balaban J connectivity index is 1.31. The van der Waals surface area contributed by atoms with Gasteiger partial charge in [-0.25, -0.2) is 9.97 Å². The molecule has 4 aliphatic rings. The van der Waals surface area contributed by atoms with Gasteiger partial charge in [-0.15, -0.1) is 0 Å². The van der Waals surface area contributed by atoms with Crippen LogP contribution in [0.25, 0.3) is 22.2 Å².